The lowest BCUT2D eigenvalue weighted by atomic mass is 10.3. The van der Waals surface area contributed by atoms with Gasteiger partial charge in [-0.2, -0.15) is 5.10 Å². The average Bonchev–Trinajstić information content (AvgIpc) is 3.23. The zero-order chi connectivity index (χ0) is 18.6. The van der Waals surface area contributed by atoms with Crippen molar-refractivity contribution >= 4 is 5.82 Å². The second kappa shape index (κ2) is 7.62. The van der Waals surface area contributed by atoms with Gasteiger partial charge in [-0.1, -0.05) is 0 Å². The highest BCUT2D eigenvalue weighted by atomic mass is 19.1. The Morgan fingerprint density at radius 3 is 2.70 bits per heavy atom. The van der Waals surface area contributed by atoms with Crippen molar-refractivity contribution in [2.75, 3.05) is 37.6 Å². The van der Waals surface area contributed by atoms with Crippen LogP contribution >= 0.6 is 0 Å². The van der Waals surface area contributed by atoms with Crippen LogP contribution in [0.5, 0.6) is 0 Å². The lowest BCUT2D eigenvalue weighted by Gasteiger charge is -2.35. The van der Waals surface area contributed by atoms with Crippen molar-refractivity contribution in [3.05, 3.63) is 59.3 Å². The molecule has 140 valence electrons. The summed E-state index contributed by atoms with van der Waals surface area (Å²) >= 11 is 0. The van der Waals surface area contributed by atoms with Crippen LogP contribution in [0.25, 0.3) is 5.82 Å². The van der Waals surface area contributed by atoms with Crippen LogP contribution in [0.2, 0.25) is 0 Å². The minimum absolute atomic E-state index is 0.146. The minimum Gasteiger partial charge on any atom is -0.352 e. The first kappa shape index (κ1) is 17.3. The molecular formula is C17H19FN8O. The molecule has 0 aliphatic carbocycles. The van der Waals surface area contributed by atoms with E-state index in [1.165, 1.54) is 23.3 Å². The maximum Gasteiger partial charge on any atom is 0.266 e. The van der Waals surface area contributed by atoms with Gasteiger partial charge in [0.25, 0.3) is 5.56 Å². The predicted molar refractivity (Wildman–Crippen MR) is 96.3 cm³/mol. The van der Waals surface area contributed by atoms with Gasteiger partial charge in [0.05, 0.1) is 12.7 Å². The van der Waals surface area contributed by atoms with E-state index in [0.29, 0.717) is 37.8 Å². The van der Waals surface area contributed by atoms with Gasteiger partial charge in [0.1, 0.15) is 6.33 Å². The van der Waals surface area contributed by atoms with Crippen molar-refractivity contribution in [1.29, 1.82) is 0 Å². The van der Waals surface area contributed by atoms with Crippen LogP contribution in [0.1, 0.15) is 0 Å². The maximum atomic E-state index is 13.8. The standard InChI is InChI=1S/C17H19FN8O/c18-14-12-19-13-20-17(14)24-9-6-23(7-10-24)8-11-26-16(27)3-2-15(22-26)25-5-1-4-21-25/h1-5,12-13H,6-11H2. The molecule has 27 heavy (non-hydrogen) atoms. The molecule has 1 fully saturated rings. The Morgan fingerprint density at radius 2 is 1.96 bits per heavy atom. The van der Waals surface area contributed by atoms with Gasteiger partial charge in [-0.3, -0.25) is 9.69 Å². The summed E-state index contributed by atoms with van der Waals surface area (Å²) in [6.07, 6.45) is 5.98. The molecule has 4 rings (SSSR count). The molecule has 4 heterocycles. The highest BCUT2D eigenvalue weighted by Crippen LogP contribution is 2.16. The first-order chi connectivity index (χ1) is 13.2. The summed E-state index contributed by atoms with van der Waals surface area (Å²) in [4.78, 5) is 23.9. The number of halogens is 1. The number of hydrogen-bond acceptors (Lipinski definition) is 7. The van der Waals surface area contributed by atoms with Crippen molar-refractivity contribution in [1.82, 2.24) is 34.4 Å². The summed E-state index contributed by atoms with van der Waals surface area (Å²) in [6, 6.07) is 4.96. The Kier molecular flexibility index (Phi) is 4.88. The topological polar surface area (TPSA) is 85.0 Å². The molecule has 9 nitrogen and oxygen atoms in total. The van der Waals surface area contributed by atoms with Gasteiger partial charge < -0.3 is 4.90 Å². The third-order valence-corrected chi connectivity index (χ3v) is 4.54. The third kappa shape index (κ3) is 3.85. The molecule has 3 aromatic heterocycles. The van der Waals surface area contributed by atoms with Crippen LogP contribution in [-0.4, -0.2) is 67.2 Å². The minimum atomic E-state index is -0.405. The molecule has 0 saturated carbocycles. The summed E-state index contributed by atoms with van der Waals surface area (Å²) in [7, 11) is 0. The van der Waals surface area contributed by atoms with E-state index in [1.54, 1.807) is 29.2 Å². The molecule has 0 unspecified atom stereocenters. The maximum absolute atomic E-state index is 13.8. The van der Waals surface area contributed by atoms with Crippen molar-refractivity contribution in [2.24, 2.45) is 0 Å². The quantitative estimate of drug-likeness (QED) is 0.633. The van der Waals surface area contributed by atoms with Gasteiger partial charge in [-0.15, -0.1) is 5.10 Å². The normalized spacial score (nSPS) is 15.2. The van der Waals surface area contributed by atoms with Gasteiger partial charge in [0.2, 0.25) is 0 Å². The SMILES string of the molecule is O=c1ccc(-n2cccn2)nn1CCN1CCN(c2ncncc2F)CC1. The number of aromatic nitrogens is 6. The Labute approximate surface area is 154 Å². The molecule has 0 radical (unpaired) electrons. The Balaban J connectivity index is 1.36. The summed E-state index contributed by atoms with van der Waals surface area (Å²) in [5, 5.41) is 8.51. The van der Waals surface area contributed by atoms with Crippen LogP contribution in [0.4, 0.5) is 10.2 Å². The van der Waals surface area contributed by atoms with Crippen LogP contribution in [-0.2, 0) is 6.54 Å². The summed E-state index contributed by atoms with van der Waals surface area (Å²) in [6.45, 7) is 4.03. The average molecular weight is 370 g/mol. The smallest absolute Gasteiger partial charge is 0.266 e. The number of nitrogens with zero attached hydrogens (tertiary/aromatic N) is 8. The van der Waals surface area contributed by atoms with Gasteiger partial charge in [-0.05, 0) is 12.1 Å². The molecule has 1 aliphatic rings. The van der Waals surface area contributed by atoms with Crippen molar-refractivity contribution in [3.63, 3.8) is 0 Å². The highest BCUT2D eigenvalue weighted by Gasteiger charge is 2.20. The zero-order valence-corrected chi connectivity index (χ0v) is 14.6. The highest BCUT2D eigenvalue weighted by molar-refractivity contribution is 5.38. The molecule has 0 spiro atoms. The van der Waals surface area contributed by atoms with Crippen molar-refractivity contribution < 1.29 is 4.39 Å². The second-order valence-electron chi connectivity index (χ2n) is 6.23. The van der Waals surface area contributed by atoms with E-state index in [1.807, 2.05) is 4.90 Å². The van der Waals surface area contributed by atoms with E-state index in [4.69, 9.17) is 0 Å². The van der Waals surface area contributed by atoms with Gasteiger partial charge in [-0.25, -0.2) is 23.7 Å². The van der Waals surface area contributed by atoms with E-state index < -0.39 is 5.82 Å². The Hall–Kier alpha value is -3.14. The second-order valence-corrected chi connectivity index (χ2v) is 6.23. The first-order valence-corrected chi connectivity index (χ1v) is 8.72. The molecular weight excluding hydrogens is 351 g/mol. The van der Waals surface area contributed by atoms with Crippen molar-refractivity contribution in [3.8, 4) is 5.82 Å². The molecule has 1 aliphatic heterocycles. The fraction of sp³-hybridized carbons (Fsp3) is 0.353. The summed E-state index contributed by atoms with van der Waals surface area (Å²) in [5.74, 6) is 0.537. The molecule has 0 atom stereocenters. The van der Waals surface area contributed by atoms with E-state index in [9.17, 15) is 9.18 Å². The van der Waals surface area contributed by atoms with E-state index >= 15 is 0 Å². The fourth-order valence-electron chi connectivity index (χ4n) is 3.08. The van der Waals surface area contributed by atoms with E-state index in [2.05, 4.69) is 25.1 Å². The van der Waals surface area contributed by atoms with Crippen LogP contribution in [0, 0.1) is 5.82 Å². The molecule has 10 heteroatoms. The predicted octanol–water partition coefficient (Wildman–Crippen LogP) is 0.180. The molecule has 1 saturated heterocycles. The molecule has 3 aromatic rings. The third-order valence-electron chi connectivity index (χ3n) is 4.54. The molecule has 0 bridgehead atoms. The number of hydrogen-bond donors (Lipinski definition) is 0. The monoisotopic (exact) mass is 370 g/mol. The summed E-state index contributed by atoms with van der Waals surface area (Å²) < 4.78 is 16.9. The van der Waals surface area contributed by atoms with Gasteiger partial charge in [0, 0.05) is 51.2 Å². The van der Waals surface area contributed by atoms with Gasteiger partial charge in [0.15, 0.2) is 17.5 Å². The fourth-order valence-corrected chi connectivity index (χ4v) is 3.08. The number of rotatable bonds is 5. The van der Waals surface area contributed by atoms with Crippen molar-refractivity contribution in [2.45, 2.75) is 6.54 Å². The number of anilines is 1. The van der Waals surface area contributed by atoms with Crippen LogP contribution < -0.4 is 10.5 Å². The lowest BCUT2D eigenvalue weighted by molar-refractivity contribution is 0.241. The zero-order valence-electron chi connectivity index (χ0n) is 14.6. The molecule has 0 amide bonds. The first-order valence-electron chi connectivity index (χ1n) is 8.72. The largest absolute Gasteiger partial charge is 0.352 e. The van der Waals surface area contributed by atoms with E-state index in [-0.39, 0.29) is 5.56 Å². The Morgan fingerprint density at radius 1 is 1.11 bits per heavy atom. The number of piperazine rings is 1. The van der Waals surface area contributed by atoms with Crippen LogP contribution in [0.3, 0.4) is 0 Å². The molecule has 0 aromatic carbocycles. The summed E-state index contributed by atoms with van der Waals surface area (Å²) in [5.41, 5.74) is -0.146. The van der Waals surface area contributed by atoms with Gasteiger partial charge >= 0.3 is 0 Å². The molecule has 0 N–H and O–H groups in total. The Bertz CT molecular complexity index is 950. The van der Waals surface area contributed by atoms with Crippen LogP contribution in [0.15, 0.2) is 47.9 Å². The lowest BCUT2D eigenvalue weighted by Crippen LogP contribution is -2.48. The van der Waals surface area contributed by atoms with E-state index in [0.717, 1.165) is 13.1 Å².